The van der Waals surface area contributed by atoms with E-state index in [0.717, 1.165) is 25.7 Å². The predicted octanol–water partition coefficient (Wildman–Crippen LogP) is 5.21. The highest BCUT2D eigenvalue weighted by Crippen LogP contribution is 2.36. The monoisotopic (exact) mass is 575 g/mol. The van der Waals surface area contributed by atoms with E-state index < -0.39 is 35.4 Å². The molecular formula is C27H29F4N7O3. The van der Waals surface area contributed by atoms with Crippen molar-refractivity contribution in [3.8, 4) is 0 Å². The van der Waals surface area contributed by atoms with Crippen LogP contribution in [-0.4, -0.2) is 66.1 Å². The molecule has 41 heavy (non-hydrogen) atoms. The summed E-state index contributed by atoms with van der Waals surface area (Å²) in [6.45, 7) is 1.63. The van der Waals surface area contributed by atoms with E-state index in [1.165, 1.54) is 30.5 Å². The molecule has 0 bridgehead atoms. The number of hydrogen-bond donors (Lipinski definition) is 2. The highest BCUT2D eigenvalue weighted by Gasteiger charge is 2.42. The molecule has 2 aliphatic rings. The first-order valence-corrected chi connectivity index (χ1v) is 13.2. The molecular weight excluding hydrogens is 546 g/mol. The number of hydrogen-bond acceptors (Lipinski definition) is 7. The molecule has 2 fully saturated rings. The van der Waals surface area contributed by atoms with Crippen LogP contribution in [0.1, 0.15) is 41.9 Å². The van der Waals surface area contributed by atoms with E-state index in [9.17, 15) is 27.2 Å². The third-order valence-corrected chi connectivity index (χ3v) is 7.28. The number of aromatic nitrogens is 2. The maximum absolute atomic E-state index is 13.8. The van der Waals surface area contributed by atoms with E-state index in [2.05, 4.69) is 20.6 Å². The number of carbonyl (C=O) groups is 2. The van der Waals surface area contributed by atoms with Crippen LogP contribution in [0.3, 0.4) is 0 Å². The van der Waals surface area contributed by atoms with Crippen LogP contribution in [0.15, 0.2) is 47.0 Å². The summed E-state index contributed by atoms with van der Waals surface area (Å²) in [6.07, 6.45) is 0.0315. The van der Waals surface area contributed by atoms with E-state index in [0.29, 0.717) is 32.0 Å². The molecule has 14 heteroatoms. The van der Waals surface area contributed by atoms with Gasteiger partial charge in [-0.05, 0) is 37.1 Å². The topological polar surface area (TPSA) is 107 Å². The van der Waals surface area contributed by atoms with Crippen LogP contribution in [-0.2, 0) is 6.18 Å². The van der Waals surface area contributed by atoms with Crippen molar-refractivity contribution in [2.45, 2.75) is 37.9 Å². The normalized spacial score (nSPS) is 16.1. The lowest BCUT2D eigenvalue weighted by atomic mass is 10.2. The van der Waals surface area contributed by atoms with Crippen LogP contribution in [0, 0.1) is 5.82 Å². The second-order valence-electron chi connectivity index (χ2n) is 9.96. The van der Waals surface area contributed by atoms with Gasteiger partial charge < -0.3 is 29.8 Å². The Hall–Kier alpha value is -4.36. The molecule has 0 unspecified atom stereocenters. The van der Waals surface area contributed by atoms with E-state index in [-0.39, 0.29) is 23.4 Å². The Labute approximate surface area is 233 Å². The Balaban J connectivity index is 1.19. The summed E-state index contributed by atoms with van der Waals surface area (Å²) in [4.78, 5) is 38.3. The van der Waals surface area contributed by atoms with E-state index in [1.54, 1.807) is 29.0 Å². The molecule has 10 nitrogen and oxygen atoms in total. The lowest BCUT2D eigenvalue weighted by molar-refractivity contribution is -0.141. The van der Waals surface area contributed by atoms with Crippen LogP contribution in [0.2, 0.25) is 0 Å². The summed E-state index contributed by atoms with van der Waals surface area (Å²) in [5.74, 6) is -1.95. The highest BCUT2D eigenvalue weighted by molar-refractivity contribution is 6.03. The maximum Gasteiger partial charge on any atom is 0.437 e. The van der Waals surface area contributed by atoms with Gasteiger partial charge in [0.2, 0.25) is 5.76 Å². The zero-order valence-corrected chi connectivity index (χ0v) is 22.2. The number of pyridine rings is 1. The third-order valence-electron chi connectivity index (χ3n) is 7.28. The summed E-state index contributed by atoms with van der Waals surface area (Å²) >= 11 is 0. The number of nitrogens with one attached hydrogen (secondary N) is 2. The fourth-order valence-electron chi connectivity index (χ4n) is 4.98. The quantitative estimate of drug-likeness (QED) is 0.389. The van der Waals surface area contributed by atoms with Gasteiger partial charge in [-0.25, -0.2) is 14.2 Å². The molecule has 1 aromatic carbocycles. The summed E-state index contributed by atoms with van der Waals surface area (Å²) in [7, 11) is 1.61. The first-order chi connectivity index (χ1) is 19.6. The first-order valence-electron chi connectivity index (χ1n) is 13.2. The van der Waals surface area contributed by atoms with Gasteiger partial charge in [0.05, 0.1) is 17.6 Å². The van der Waals surface area contributed by atoms with Crippen molar-refractivity contribution in [3.05, 3.63) is 59.9 Å². The summed E-state index contributed by atoms with van der Waals surface area (Å²) in [5.41, 5.74) is -1.10. The van der Waals surface area contributed by atoms with Gasteiger partial charge in [0.1, 0.15) is 11.6 Å². The number of anilines is 4. The molecule has 218 valence electrons. The van der Waals surface area contributed by atoms with Crippen LogP contribution >= 0.6 is 0 Å². The second-order valence-corrected chi connectivity index (χ2v) is 9.96. The molecule has 1 aliphatic heterocycles. The average molecular weight is 576 g/mol. The number of para-hydroxylation sites is 1. The average Bonchev–Trinajstić information content (AvgIpc) is 3.66. The number of benzene rings is 1. The van der Waals surface area contributed by atoms with Crippen LogP contribution in [0.4, 0.5) is 45.6 Å². The van der Waals surface area contributed by atoms with Crippen LogP contribution < -0.4 is 20.4 Å². The van der Waals surface area contributed by atoms with Gasteiger partial charge in [-0.3, -0.25) is 4.79 Å². The van der Waals surface area contributed by atoms with E-state index >= 15 is 0 Å². The number of carbonyl (C=O) groups excluding carboxylic acids is 2. The Morgan fingerprint density at radius 2 is 1.73 bits per heavy atom. The highest BCUT2D eigenvalue weighted by atomic mass is 19.4. The Morgan fingerprint density at radius 1 is 1.02 bits per heavy atom. The number of oxazole rings is 1. The van der Waals surface area contributed by atoms with Gasteiger partial charge in [-0.1, -0.05) is 25.0 Å². The van der Waals surface area contributed by atoms with Gasteiger partial charge in [-0.2, -0.15) is 18.2 Å². The fraction of sp³-hybridized carbons (Fsp3) is 0.407. The molecule has 1 saturated heterocycles. The van der Waals surface area contributed by atoms with Crippen molar-refractivity contribution in [2.24, 2.45) is 0 Å². The minimum Gasteiger partial charge on any atom is -0.417 e. The number of rotatable bonds is 6. The van der Waals surface area contributed by atoms with Crippen molar-refractivity contribution in [3.63, 3.8) is 0 Å². The number of urea groups is 1. The van der Waals surface area contributed by atoms with Crippen LogP contribution in [0.25, 0.3) is 0 Å². The lowest BCUT2D eigenvalue weighted by Crippen LogP contribution is -2.50. The van der Waals surface area contributed by atoms with Gasteiger partial charge >= 0.3 is 12.2 Å². The molecule has 0 radical (unpaired) electrons. The molecule has 3 amide bonds. The van der Waals surface area contributed by atoms with Gasteiger partial charge in [0, 0.05) is 39.3 Å². The Kier molecular flexibility index (Phi) is 7.99. The fourth-order valence-corrected chi connectivity index (χ4v) is 4.98. The summed E-state index contributed by atoms with van der Waals surface area (Å²) in [5, 5.41) is 4.97. The standard InChI is InChI=1S/C27H29F4N7O3/c1-36(18-6-2-3-7-18)26-35-23(27(29,30)31)22(41-26)24(39)33-17-10-11-21(32-16-17)37-12-14-38(15-13-37)25(40)34-20-9-5-4-8-19(20)28/h4-5,8-11,16,18H,2-3,6-7,12-15H2,1H3,(H,33,39)(H,34,40). The number of piperazine rings is 1. The maximum atomic E-state index is 13.8. The third kappa shape index (κ3) is 6.36. The number of alkyl halides is 3. The SMILES string of the molecule is CN(c1nc(C(F)(F)F)c(C(=O)Nc2ccc(N3CCN(C(=O)Nc4ccccc4F)CC3)nc2)o1)C1CCCC1. The molecule has 1 aliphatic carbocycles. The first kappa shape index (κ1) is 28.2. The molecule has 0 atom stereocenters. The smallest absolute Gasteiger partial charge is 0.417 e. The zero-order chi connectivity index (χ0) is 29.1. The predicted molar refractivity (Wildman–Crippen MR) is 144 cm³/mol. The largest absolute Gasteiger partial charge is 0.437 e. The molecule has 3 heterocycles. The molecule has 2 N–H and O–H groups in total. The van der Waals surface area contributed by atoms with Crippen molar-refractivity contribution in [1.29, 1.82) is 0 Å². The molecule has 2 aromatic heterocycles. The van der Waals surface area contributed by atoms with Gasteiger partial charge in [0.25, 0.3) is 11.9 Å². The van der Waals surface area contributed by atoms with Crippen molar-refractivity contribution >= 4 is 35.1 Å². The van der Waals surface area contributed by atoms with Crippen LogP contribution in [0.5, 0.6) is 0 Å². The number of amides is 3. The van der Waals surface area contributed by atoms with Gasteiger partial charge in [-0.15, -0.1) is 0 Å². The minimum absolute atomic E-state index is 0.00509. The molecule has 0 spiro atoms. The second kappa shape index (κ2) is 11.6. The van der Waals surface area contributed by atoms with Gasteiger partial charge in [0.15, 0.2) is 5.69 Å². The summed E-state index contributed by atoms with van der Waals surface area (Å²) in [6, 6.07) is 8.39. The zero-order valence-electron chi connectivity index (χ0n) is 22.2. The van der Waals surface area contributed by atoms with Crippen molar-refractivity contribution < 1.29 is 31.6 Å². The Morgan fingerprint density at radius 3 is 2.37 bits per heavy atom. The van der Waals surface area contributed by atoms with E-state index in [1.807, 2.05) is 4.90 Å². The Bertz CT molecular complexity index is 1380. The molecule has 5 rings (SSSR count). The molecule has 3 aromatic rings. The lowest BCUT2D eigenvalue weighted by Gasteiger charge is -2.35. The minimum atomic E-state index is -4.87. The van der Waals surface area contributed by atoms with Crippen molar-refractivity contribution in [1.82, 2.24) is 14.9 Å². The summed E-state index contributed by atoms with van der Waals surface area (Å²) < 4.78 is 60.2. The van der Waals surface area contributed by atoms with Crippen molar-refractivity contribution in [2.75, 3.05) is 53.7 Å². The molecule has 1 saturated carbocycles. The number of halogens is 4. The van der Waals surface area contributed by atoms with E-state index in [4.69, 9.17) is 4.42 Å². The number of nitrogens with zero attached hydrogens (tertiary/aromatic N) is 5.